The Kier molecular flexibility index (Phi) is 2.98. The zero-order chi connectivity index (χ0) is 11.6. The summed E-state index contributed by atoms with van der Waals surface area (Å²) in [6.45, 7) is 1.86. The summed E-state index contributed by atoms with van der Waals surface area (Å²) in [4.78, 5) is 14.9. The van der Waals surface area contributed by atoms with Crippen molar-refractivity contribution in [3.8, 4) is 0 Å². The molecular formula is C10H11ClN2O3. The Hall–Kier alpha value is -1.33. The van der Waals surface area contributed by atoms with Crippen LogP contribution in [0.3, 0.4) is 0 Å². The third-order valence-electron chi connectivity index (χ3n) is 2.23. The number of halogens is 1. The van der Waals surface area contributed by atoms with E-state index in [1.54, 1.807) is 13.2 Å². The van der Waals surface area contributed by atoms with E-state index in [1.165, 1.54) is 17.0 Å². The highest BCUT2D eigenvalue weighted by Crippen LogP contribution is 2.24. The average Bonchev–Trinajstić information content (AvgIpc) is 2.67. The maximum atomic E-state index is 11.3. The van der Waals surface area contributed by atoms with Crippen LogP contribution < -0.4 is 5.69 Å². The number of ether oxygens (including phenoxy) is 2. The summed E-state index contributed by atoms with van der Waals surface area (Å²) >= 11 is 5.73. The molecule has 0 saturated carbocycles. The fraction of sp³-hybridized carbons (Fsp3) is 0.400. The van der Waals surface area contributed by atoms with Crippen LogP contribution in [-0.4, -0.2) is 15.3 Å². The van der Waals surface area contributed by atoms with Gasteiger partial charge in [0.1, 0.15) is 6.73 Å². The number of rotatable bonds is 3. The van der Waals surface area contributed by atoms with Gasteiger partial charge in [-0.05, 0) is 6.08 Å². The summed E-state index contributed by atoms with van der Waals surface area (Å²) in [5.41, 5.74) is -0.404. The molecule has 0 aliphatic carbocycles. The molecule has 5 nitrogen and oxygen atoms in total. The van der Waals surface area contributed by atoms with E-state index < -0.39 is 11.5 Å². The Morgan fingerprint density at radius 2 is 2.56 bits per heavy atom. The molecule has 0 saturated heterocycles. The van der Waals surface area contributed by atoms with Crippen molar-refractivity contribution in [3.05, 3.63) is 40.2 Å². The quantitative estimate of drug-likeness (QED) is 0.807. The van der Waals surface area contributed by atoms with Crippen molar-refractivity contribution in [2.24, 2.45) is 0 Å². The van der Waals surface area contributed by atoms with Crippen molar-refractivity contribution in [3.63, 3.8) is 0 Å². The van der Waals surface area contributed by atoms with Crippen LogP contribution in [0, 0.1) is 0 Å². The van der Waals surface area contributed by atoms with Gasteiger partial charge in [-0.25, -0.2) is 4.79 Å². The third-order valence-corrected chi connectivity index (χ3v) is 2.43. The van der Waals surface area contributed by atoms with Gasteiger partial charge in [0.05, 0.1) is 17.5 Å². The molecule has 86 valence electrons. The van der Waals surface area contributed by atoms with E-state index in [0.717, 1.165) is 0 Å². The Bertz CT molecular complexity index is 461. The number of hydrogen-bond donors (Lipinski definition) is 0. The Balaban J connectivity index is 2.04. The smallest absolute Gasteiger partial charge is 0.349 e. The van der Waals surface area contributed by atoms with Crippen molar-refractivity contribution >= 4 is 11.6 Å². The van der Waals surface area contributed by atoms with Crippen LogP contribution in [0.5, 0.6) is 0 Å². The number of aromatic nitrogens is 2. The molecule has 0 fully saturated rings. The fourth-order valence-corrected chi connectivity index (χ4v) is 1.49. The molecule has 0 radical (unpaired) electrons. The van der Waals surface area contributed by atoms with Gasteiger partial charge >= 0.3 is 5.69 Å². The summed E-state index contributed by atoms with van der Waals surface area (Å²) in [6, 6.07) is 0. The molecule has 1 aliphatic heterocycles. The number of nitrogens with zero attached hydrogens (tertiary/aromatic N) is 2. The van der Waals surface area contributed by atoms with Crippen molar-refractivity contribution < 1.29 is 9.47 Å². The highest BCUT2D eigenvalue weighted by molar-refractivity contribution is 6.30. The van der Waals surface area contributed by atoms with Crippen LogP contribution >= 0.6 is 11.6 Å². The highest BCUT2D eigenvalue weighted by atomic mass is 35.5. The van der Waals surface area contributed by atoms with Crippen molar-refractivity contribution in [1.82, 2.24) is 9.55 Å². The lowest BCUT2D eigenvalue weighted by Crippen LogP contribution is -2.32. The second-order valence-electron chi connectivity index (χ2n) is 3.63. The van der Waals surface area contributed by atoms with Gasteiger partial charge in [0.25, 0.3) is 0 Å². The topological polar surface area (TPSA) is 53.4 Å². The van der Waals surface area contributed by atoms with Crippen molar-refractivity contribution in [2.75, 3.05) is 0 Å². The molecule has 1 aliphatic rings. The summed E-state index contributed by atoms with van der Waals surface area (Å²) in [5, 5.41) is 0.388. The van der Waals surface area contributed by atoms with Crippen LogP contribution in [-0.2, 0) is 16.2 Å². The van der Waals surface area contributed by atoms with E-state index in [1.807, 2.05) is 6.08 Å². The molecule has 16 heavy (non-hydrogen) atoms. The molecule has 1 aromatic rings. The molecule has 1 unspecified atom stereocenters. The molecule has 6 heteroatoms. The summed E-state index contributed by atoms with van der Waals surface area (Å²) in [7, 11) is 0. The maximum Gasteiger partial charge on any atom is 0.349 e. The first-order valence-electron chi connectivity index (χ1n) is 4.78. The number of hydrogen-bond acceptors (Lipinski definition) is 4. The zero-order valence-electron chi connectivity index (χ0n) is 8.72. The van der Waals surface area contributed by atoms with Crippen LogP contribution in [0.2, 0.25) is 5.02 Å². The first kappa shape index (κ1) is 11.2. The SMILES string of the molecule is CC1(OCn2cc(Cl)cnc2=O)CC=CO1. The van der Waals surface area contributed by atoms with E-state index in [2.05, 4.69) is 4.98 Å². The molecule has 0 N–H and O–H groups in total. The van der Waals surface area contributed by atoms with Crippen LogP contribution in [0.4, 0.5) is 0 Å². The predicted molar refractivity (Wildman–Crippen MR) is 57.8 cm³/mol. The third kappa shape index (κ3) is 2.43. The Morgan fingerprint density at radius 3 is 3.25 bits per heavy atom. The van der Waals surface area contributed by atoms with Gasteiger partial charge in [0.2, 0.25) is 5.79 Å². The van der Waals surface area contributed by atoms with Gasteiger partial charge in [-0.15, -0.1) is 0 Å². The highest BCUT2D eigenvalue weighted by Gasteiger charge is 2.28. The van der Waals surface area contributed by atoms with Crippen molar-refractivity contribution in [2.45, 2.75) is 25.9 Å². The van der Waals surface area contributed by atoms with E-state index in [-0.39, 0.29) is 6.73 Å². The molecule has 0 aromatic carbocycles. The summed E-state index contributed by atoms with van der Waals surface area (Å²) in [6.07, 6.45) is 6.87. The van der Waals surface area contributed by atoms with Crippen LogP contribution in [0.15, 0.2) is 29.5 Å². The van der Waals surface area contributed by atoms with Gasteiger partial charge in [0, 0.05) is 19.5 Å². The lowest BCUT2D eigenvalue weighted by molar-refractivity contribution is -0.202. The first-order chi connectivity index (χ1) is 7.59. The first-order valence-corrected chi connectivity index (χ1v) is 5.16. The predicted octanol–water partition coefficient (Wildman–Crippen LogP) is 1.52. The minimum absolute atomic E-state index is 0.0601. The molecule has 1 atom stereocenters. The normalized spacial score (nSPS) is 23.4. The van der Waals surface area contributed by atoms with Gasteiger partial charge in [0.15, 0.2) is 0 Å². The van der Waals surface area contributed by atoms with Crippen LogP contribution in [0.1, 0.15) is 13.3 Å². The molecule has 0 spiro atoms. The van der Waals surface area contributed by atoms with E-state index in [0.29, 0.717) is 11.4 Å². The minimum atomic E-state index is -0.707. The monoisotopic (exact) mass is 242 g/mol. The second kappa shape index (κ2) is 4.27. The average molecular weight is 243 g/mol. The molecule has 1 aromatic heterocycles. The summed E-state index contributed by atoms with van der Waals surface area (Å²) < 4.78 is 12.0. The lowest BCUT2D eigenvalue weighted by Gasteiger charge is -2.24. The molecular weight excluding hydrogens is 232 g/mol. The Labute approximate surface area is 97.3 Å². The van der Waals surface area contributed by atoms with Gasteiger partial charge in [-0.1, -0.05) is 11.6 Å². The van der Waals surface area contributed by atoms with Gasteiger partial charge < -0.3 is 9.47 Å². The standard InChI is InChI=1S/C10H11ClN2O3/c1-10(3-2-4-15-10)16-7-13-6-8(11)5-12-9(13)14/h2,4-6H,3,7H2,1H3. The Morgan fingerprint density at radius 1 is 1.75 bits per heavy atom. The molecule has 2 rings (SSSR count). The molecule has 2 heterocycles. The second-order valence-corrected chi connectivity index (χ2v) is 4.06. The van der Waals surface area contributed by atoms with E-state index in [9.17, 15) is 4.79 Å². The van der Waals surface area contributed by atoms with Gasteiger partial charge in [-0.2, -0.15) is 4.98 Å². The molecule has 0 bridgehead atoms. The summed E-state index contributed by atoms with van der Waals surface area (Å²) in [5.74, 6) is -0.707. The van der Waals surface area contributed by atoms with Gasteiger partial charge in [-0.3, -0.25) is 4.57 Å². The van der Waals surface area contributed by atoms with Crippen LogP contribution in [0.25, 0.3) is 0 Å². The fourth-order valence-electron chi connectivity index (χ4n) is 1.32. The largest absolute Gasteiger partial charge is 0.470 e. The maximum absolute atomic E-state index is 11.3. The van der Waals surface area contributed by atoms with E-state index in [4.69, 9.17) is 21.1 Å². The molecule has 0 amide bonds. The zero-order valence-corrected chi connectivity index (χ0v) is 9.48. The minimum Gasteiger partial charge on any atom is -0.470 e. The van der Waals surface area contributed by atoms with E-state index >= 15 is 0 Å². The lowest BCUT2D eigenvalue weighted by atomic mass is 10.2. The van der Waals surface area contributed by atoms with Crippen molar-refractivity contribution in [1.29, 1.82) is 0 Å².